The molecule has 0 atom stereocenters. The molecule has 9 heteroatoms. The number of nitrogens with two attached hydrogens (primary N) is 1. The Labute approximate surface area is 289 Å². The Morgan fingerprint density at radius 1 is 0.820 bits per heavy atom. The second-order valence-electron chi connectivity index (χ2n) is 13.2. The number of amides is 1. The number of nitrogens with zero attached hydrogens (tertiary/aromatic N) is 3. The van der Waals surface area contributed by atoms with Gasteiger partial charge in [-0.05, 0) is 54.6 Å². The number of primary amides is 1. The van der Waals surface area contributed by atoms with E-state index in [-0.39, 0.29) is 29.8 Å². The van der Waals surface area contributed by atoms with Crippen LogP contribution in [0.3, 0.4) is 0 Å². The second-order valence-corrected chi connectivity index (χ2v) is 15.1. The number of hydrogen-bond acceptors (Lipinski definition) is 4. The highest BCUT2D eigenvalue weighted by Crippen LogP contribution is 2.43. The van der Waals surface area contributed by atoms with E-state index < -0.39 is 10.0 Å². The molecule has 4 heterocycles. The number of aromatic nitrogens is 1. The Hall–Kier alpha value is -5.51. The number of piperidine rings is 1. The molecule has 1 aliphatic carbocycles. The van der Waals surface area contributed by atoms with Crippen molar-refractivity contribution in [2.24, 2.45) is 11.7 Å². The smallest absolute Gasteiger partial charge is 0.243 e. The Morgan fingerprint density at radius 3 is 2.46 bits per heavy atom. The predicted octanol–water partition coefficient (Wildman–Crippen LogP) is 6.69. The topological polar surface area (TPSA) is 102 Å². The lowest BCUT2D eigenvalue weighted by atomic mass is 9.93. The van der Waals surface area contributed by atoms with Crippen molar-refractivity contribution in [3.05, 3.63) is 132 Å². The summed E-state index contributed by atoms with van der Waals surface area (Å²) < 4.78 is 41.5. The lowest BCUT2D eigenvalue weighted by Gasteiger charge is -2.30. The van der Waals surface area contributed by atoms with Crippen LogP contribution in [0.15, 0.2) is 131 Å². The number of sulfonamides is 1. The molecule has 4 aromatic carbocycles. The van der Waals surface area contributed by atoms with Crippen molar-refractivity contribution in [2.75, 3.05) is 19.6 Å². The van der Waals surface area contributed by atoms with Crippen LogP contribution in [-0.4, -0.2) is 42.8 Å². The SMILES string of the molecule is NC(=O)C1CCN(S(=O)(=O)c2ccccc2-c2c3ccc(=[N+]4CCc5ccccc54)cc-3oc3cc(-n4ccc5ccccc54)ccc23)CC1. The van der Waals surface area contributed by atoms with E-state index in [4.69, 9.17) is 10.2 Å². The summed E-state index contributed by atoms with van der Waals surface area (Å²) >= 11 is 0. The number of para-hydroxylation sites is 2. The summed E-state index contributed by atoms with van der Waals surface area (Å²) in [5, 5.41) is 2.97. The van der Waals surface area contributed by atoms with Crippen molar-refractivity contribution < 1.29 is 17.6 Å². The van der Waals surface area contributed by atoms with Gasteiger partial charge in [0.15, 0.2) is 6.54 Å². The van der Waals surface area contributed by atoms with Crippen LogP contribution in [0.1, 0.15) is 18.4 Å². The summed E-state index contributed by atoms with van der Waals surface area (Å²) in [5.74, 6) is -0.0282. The maximum Gasteiger partial charge on any atom is 0.243 e. The summed E-state index contributed by atoms with van der Waals surface area (Å²) in [5.41, 5.74) is 13.0. The summed E-state index contributed by atoms with van der Waals surface area (Å²) in [7, 11) is -3.91. The van der Waals surface area contributed by atoms with E-state index in [2.05, 4.69) is 82.1 Å². The van der Waals surface area contributed by atoms with Crippen LogP contribution in [0.25, 0.3) is 50.0 Å². The third kappa shape index (κ3) is 4.96. The molecule has 3 aliphatic heterocycles. The highest BCUT2D eigenvalue weighted by Gasteiger charge is 2.34. The Kier molecular flexibility index (Phi) is 7.22. The molecule has 0 radical (unpaired) electrons. The second kappa shape index (κ2) is 11.8. The Bertz CT molecular complexity index is 2630. The fraction of sp³-hybridized carbons (Fsp3) is 0.171. The van der Waals surface area contributed by atoms with Gasteiger partial charge in [0.25, 0.3) is 0 Å². The first kappa shape index (κ1) is 30.5. The van der Waals surface area contributed by atoms with E-state index in [1.807, 2.05) is 36.4 Å². The molecule has 248 valence electrons. The van der Waals surface area contributed by atoms with Crippen LogP contribution >= 0.6 is 0 Å². The van der Waals surface area contributed by atoms with Gasteiger partial charge in [-0.25, -0.2) is 8.42 Å². The lowest BCUT2D eigenvalue weighted by molar-refractivity contribution is -0.122. The van der Waals surface area contributed by atoms with E-state index in [1.54, 1.807) is 12.1 Å². The third-order valence-electron chi connectivity index (χ3n) is 10.4. The van der Waals surface area contributed by atoms with Crippen molar-refractivity contribution in [2.45, 2.75) is 24.2 Å². The summed E-state index contributed by atoms with van der Waals surface area (Å²) in [6, 6.07) is 38.4. The minimum absolute atomic E-state index is 0.226. The normalized spacial score (nSPS) is 16.7. The van der Waals surface area contributed by atoms with Gasteiger partial charge in [0.05, 0.1) is 16.5 Å². The Balaban J connectivity index is 1.27. The van der Waals surface area contributed by atoms with Crippen LogP contribution in [0.5, 0.6) is 0 Å². The number of rotatable bonds is 5. The van der Waals surface area contributed by atoms with E-state index in [0.717, 1.165) is 51.4 Å². The maximum atomic E-state index is 14.4. The van der Waals surface area contributed by atoms with Gasteiger partial charge in [0.2, 0.25) is 27.0 Å². The van der Waals surface area contributed by atoms with Crippen molar-refractivity contribution in [3.8, 4) is 28.1 Å². The van der Waals surface area contributed by atoms with E-state index in [0.29, 0.717) is 29.7 Å². The largest absolute Gasteiger partial charge is 0.456 e. The molecular formula is C41H35N4O4S+. The van der Waals surface area contributed by atoms with E-state index >= 15 is 0 Å². The Morgan fingerprint density at radius 2 is 1.60 bits per heavy atom. The molecule has 4 aliphatic rings. The first-order valence-electron chi connectivity index (χ1n) is 17.0. The van der Waals surface area contributed by atoms with E-state index in [1.165, 1.54) is 15.6 Å². The van der Waals surface area contributed by atoms with Crippen molar-refractivity contribution in [1.82, 2.24) is 13.4 Å². The van der Waals surface area contributed by atoms with Crippen LogP contribution in [-0.2, 0) is 21.2 Å². The third-order valence-corrected chi connectivity index (χ3v) is 12.4. The van der Waals surface area contributed by atoms with Gasteiger partial charge in [-0.2, -0.15) is 8.88 Å². The highest BCUT2D eigenvalue weighted by molar-refractivity contribution is 7.89. The average Bonchev–Trinajstić information content (AvgIpc) is 3.78. The van der Waals surface area contributed by atoms with Crippen LogP contribution < -0.4 is 15.7 Å². The molecule has 0 spiro atoms. The molecule has 9 rings (SSSR count). The number of hydrogen-bond donors (Lipinski definition) is 1. The quantitative estimate of drug-likeness (QED) is 0.162. The summed E-state index contributed by atoms with van der Waals surface area (Å²) in [6.07, 6.45) is 3.84. The first-order chi connectivity index (χ1) is 24.4. The summed E-state index contributed by atoms with van der Waals surface area (Å²) in [4.78, 5) is 12.1. The average molecular weight is 680 g/mol. The predicted molar refractivity (Wildman–Crippen MR) is 196 cm³/mol. The molecular weight excluding hydrogens is 645 g/mol. The number of fused-ring (bicyclic) bond motifs is 4. The van der Waals surface area contributed by atoms with E-state index in [9.17, 15) is 13.2 Å². The zero-order valence-electron chi connectivity index (χ0n) is 27.3. The molecule has 5 aromatic rings. The number of carbonyl (C=O) groups is 1. The van der Waals surface area contributed by atoms with Gasteiger partial charge in [-0.15, -0.1) is 0 Å². The molecule has 2 N–H and O–H groups in total. The molecule has 1 amide bonds. The van der Waals surface area contributed by atoms with Gasteiger partial charge in [-0.1, -0.05) is 54.6 Å². The lowest BCUT2D eigenvalue weighted by Crippen LogP contribution is -2.41. The van der Waals surface area contributed by atoms with Crippen LogP contribution in [0.4, 0.5) is 5.69 Å². The number of carbonyl (C=O) groups excluding carboxylic acids is 1. The van der Waals surface area contributed by atoms with Crippen molar-refractivity contribution >= 4 is 43.5 Å². The van der Waals surface area contributed by atoms with Crippen LogP contribution in [0, 0.1) is 5.92 Å². The van der Waals surface area contributed by atoms with Gasteiger partial charge in [0, 0.05) is 83.2 Å². The maximum absolute atomic E-state index is 14.4. The fourth-order valence-corrected chi connectivity index (χ4v) is 9.48. The number of benzene rings is 5. The molecule has 50 heavy (non-hydrogen) atoms. The first-order valence-corrected chi connectivity index (χ1v) is 18.5. The van der Waals surface area contributed by atoms with Gasteiger partial charge >= 0.3 is 0 Å². The van der Waals surface area contributed by atoms with Crippen LogP contribution in [0.2, 0.25) is 0 Å². The summed E-state index contributed by atoms with van der Waals surface area (Å²) in [6.45, 7) is 1.35. The molecule has 0 bridgehead atoms. The molecule has 1 aromatic heterocycles. The molecule has 1 saturated heterocycles. The molecule has 0 saturated carbocycles. The van der Waals surface area contributed by atoms with Gasteiger partial charge < -0.3 is 14.7 Å². The van der Waals surface area contributed by atoms with Gasteiger partial charge in [-0.3, -0.25) is 4.79 Å². The van der Waals surface area contributed by atoms with Crippen molar-refractivity contribution in [3.63, 3.8) is 0 Å². The van der Waals surface area contributed by atoms with Gasteiger partial charge in [0.1, 0.15) is 11.3 Å². The standard InChI is InChI=1S/C41H34N4O4S/c42-41(46)29-17-21-43(22-18-29)50(47,48)39-12-6-3-9-34(39)40-32-15-13-30(44-23-19-27-7-1-4-10-35(27)44)25-37(32)49-38-26-31(14-16-33(38)40)45-24-20-28-8-2-5-11-36(28)45/h1-16,19,23,25-26,29H,17-18,20-22,24H2,(H-,42,46)/p+1. The zero-order chi connectivity index (χ0) is 34.0. The fourth-order valence-electron chi connectivity index (χ4n) is 7.81. The monoisotopic (exact) mass is 679 g/mol. The molecule has 1 fully saturated rings. The minimum atomic E-state index is -3.91. The molecule has 0 unspecified atom stereocenters. The molecule has 8 nitrogen and oxygen atoms in total. The highest BCUT2D eigenvalue weighted by atomic mass is 32.2. The zero-order valence-corrected chi connectivity index (χ0v) is 28.1. The minimum Gasteiger partial charge on any atom is -0.456 e. The van der Waals surface area contributed by atoms with Crippen molar-refractivity contribution in [1.29, 1.82) is 0 Å².